The van der Waals surface area contributed by atoms with Crippen molar-refractivity contribution in [1.29, 1.82) is 0 Å². The number of Topliss-reactive ketones (excluding diaryl/α,β-unsaturated/α-hetero) is 1. The zero-order chi connectivity index (χ0) is 99.8. The molecule has 0 radical (unpaired) electrons. The molecule has 2 unspecified atom stereocenters. The van der Waals surface area contributed by atoms with Crippen LogP contribution in [0.1, 0.15) is 258 Å². The number of methoxy groups -OCH3 is 2. The molecule has 36 heteroatoms. The van der Waals surface area contributed by atoms with E-state index in [4.69, 9.17) is 59.7 Å². The van der Waals surface area contributed by atoms with Gasteiger partial charge in [-0.15, -0.1) is 0 Å². The van der Waals surface area contributed by atoms with E-state index in [1.165, 1.54) is 68.4 Å². The summed E-state index contributed by atoms with van der Waals surface area (Å²) in [7, 11) is 3.31. The van der Waals surface area contributed by atoms with Crippen molar-refractivity contribution in [3.8, 4) is 11.6 Å². The van der Waals surface area contributed by atoms with Crippen LogP contribution < -0.4 is 37.3 Å². The second kappa shape index (κ2) is 47.9. The number of aliphatic imine (C=N–C) groups is 1. The third-order valence-electron chi connectivity index (χ3n) is 30.3. The Morgan fingerprint density at radius 2 is 0.884 bits per heavy atom. The number of halogens is 1. The number of H-pyrrole nitrogens is 5. The van der Waals surface area contributed by atoms with Gasteiger partial charge in [-0.1, -0.05) is 110 Å². The minimum absolute atomic E-state index is 0.0377. The van der Waals surface area contributed by atoms with Gasteiger partial charge in [0.2, 0.25) is 5.88 Å². The fourth-order valence-electron chi connectivity index (χ4n) is 21.8. The molecule has 25 rings (SSSR count). The van der Waals surface area contributed by atoms with Crippen LogP contribution in [0, 0.1) is 17.8 Å². The SMILES string of the molecule is COc1ccc(C2CCCCC2Cc2nc3c(ccn3C3CCOCC3)c(=O)[nH]2)cn1.COc1ccccc1CCc1nc2c(ccn2C2CCOCC2)c(=O)[nH]1.O=C1CC(CCC2CCC2)=Nc2c1ccn2C1CCOCC1.O=c1[nH]c(CC2CC2)nc2c1cnn2C1CCSCC1.O=c1[nH]c(Cc2cccc(Cl)c2)nc2c1cnn2C1CCOCC1.O=c1[nH]c(Cc2ccccc2)nc2c1cnn2C1CCOCC1. The number of fused-ring (bicyclic) bond motifs is 6. The Kier molecular flexibility index (Phi) is 33.0. The van der Waals surface area contributed by atoms with Crippen molar-refractivity contribution in [2.75, 3.05) is 91.8 Å². The molecule has 15 aromatic rings. The predicted molar refractivity (Wildman–Crippen MR) is 563 cm³/mol. The average molecular weight is 2020 g/mol. The van der Waals surface area contributed by atoms with E-state index in [0.29, 0.717) is 142 Å². The van der Waals surface area contributed by atoms with Crippen molar-refractivity contribution >= 4 is 95.8 Å². The second-order valence-corrected chi connectivity index (χ2v) is 41.7. The number of carbonyl (C=O) groups is 1. The largest absolute Gasteiger partial charge is 0.496 e. The summed E-state index contributed by atoms with van der Waals surface area (Å²) in [6, 6.07) is 37.3. The van der Waals surface area contributed by atoms with E-state index in [1.807, 2.05) is 148 Å². The highest BCUT2D eigenvalue weighted by molar-refractivity contribution is 7.99. The number of benzene rings is 3. The number of hydrogen-bond acceptors (Lipinski definition) is 24. The van der Waals surface area contributed by atoms with Crippen LogP contribution in [0.2, 0.25) is 5.02 Å². The van der Waals surface area contributed by atoms with Gasteiger partial charge in [-0.2, -0.15) is 27.1 Å². The van der Waals surface area contributed by atoms with E-state index >= 15 is 0 Å². The Hall–Kier alpha value is -12.6. The lowest BCUT2D eigenvalue weighted by atomic mass is 9.74. The summed E-state index contributed by atoms with van der Waals surface area (Å²) in [4.78, 5) is 122. The van der Waals surface area contributed by atoms with Crippen molar-refractivity contribution in [1.82, 2.24) is 97.9 Å². The Balaban J connectivity index is 0.000000107. The van der Waals surface area contributed by atoms with E-state index in [-0.39, 0.29) is 45.7 Å². The van der Waals surface area contributed by atoms with E-state index in [2.05, 4.69) is 86.1 Å². The molecule has 3 aromatic carbocycles. The van der Waals surface area contributed by atoms with Gasteiger partial charge in [-0.3, -0.25) is 28.8 Å². The molecular weight excluding hydrogens is 1890 g/mol. The normalized spacial score (nSPS) is 19.0. The first-order chi connectivity index (χ1) is 71.6. The maximum absolute atomic E-state index is 12.8. The number of nitrogens with zero attached hydrogens (tertiary/aromatic N) is 16. The molecule has 3 aliphatic carbocycles. The minimum Gasteiger partial charge on any atom is -0.496 e. The summed E-state index contributed by atoms with van der Waals surface area (Å²) >= 11 is 8.02. The quantitative estimate of drug-likeness (QED) is 0.0397. The number of pyridine rings is 1. The fourth-order valence-corrected chi connectivity index (χ4v) is 23.1. The number of carbonyl (C=O) groups excluding carboxylic acids is 1. The lowest BCUT2D eigenvalue weighted by Crippen LogP contribution is -2.24. The molecule has 5 N–H and O–H groups in total. The summed E-state index contributed by atoms with van der Waals surface area (Å²) in [6.45, 7) is 7.55. The summed E-state index contributed by atoms with van der Waals surface area (Å²) < 4.78 is 50.1. The molecule has 766 valence electrons. The van der Waals surface area contributed by atoms with E-state index in [9.17, 15) is 28.8 Å². The number of rotatable bonds is 23. The molecule has 9 fully saturated rings. The van der Waals surface area contributed by atoms with Crippen molar-refractivity contribution in [2.45, 2.75) is 235 Å². The third kappa shape index (κ3) is 24.4. The number of aromatic nitrogens is 20. The molecule has 6 saturated heterocycles. The maximum Gasteiger partial charge on any atom is 0.262 e. The van der Waals surface area contributed by atoms with Crippen LogP contribution in [-0.4, -0.2) is 201 Å². The van der Waals surface area contributed by atoms with Gasteiger partial charge in [0.25, 0.3) is 27.8 Å². The fraction of sp³-hybridized carbons (Fsp3) is 0.491. The van der Waals surface area contributed by atoms with Gasteiger partial charge in [0.15, 0.2) is 22.7 Å². The first kappa shape index (κ1) is 101. The van der Waals surface area contributed by atoms with Gasteiger partial charge < -0.3 is 71.8 Å². The molecule has 0 spiro atoms. The third-order valence-corrected chi connectivity index (χ3v) is 31.6. The molecule has 10 aliphatic rings. The van der Waals surface area contributed by atoms with Gasteiger partial charge in [-0.05, 0) is 216 Å². The van der Waals surface area contributed by atoms with Crippen molar-refractivity contribution in [3.05, 3.63) is 266 Å². The Labute approximate surface area is 853 Å². The highest BCUT2D eigenvalue weighted by Crippen LogP contribution is 2.42. The lowest BCUT2D eigenvalue weighted by molar-refractivity contribution is 0.0672. The number of hydrogen-bond donors (Lipinski definition) is 5. The summed E-state index contributed by atoms with van der Waals surface area (Å²) in [5, 5.41) is 16.9. The van der Waals surface area contributed by atoms with Crippen LogP contribution >= 0.6 is 23.4 Å². The van der Waals surface area contributed by atoms with E-state index in [1.54, 1.807) is 32.8 Å². The van der Waals surface area contributed by atoms with Gasteiger partial charge in [-0.25, -0.2) is 48.9 Å². The van der Waals surface area contributed by atoms with Crippen LogP contribution in [0.4, 0.5) is 5.82 Å². The first-order valence-electron chi connectivity index (χ1n) is 52.4. The smallest absolute Gasteiger partial charge is 0.262 e. The molecule has 0 amide bonds. The lowest BCUT2D eigenvalue weighted by Gasteiger charge is -2.31. The van der Waals surface area contributed by atoms with Gasteiger partial charge >= 0.3 is 0 Å². The summed E-state index contributed by atoms with van der Waals surface area (Å²) in [5.74, 6) is 11.1. The van der Waals surface area contributed by atoms with Gasteiger partial charge in [0.05, 0.1) is 67.3 Å². The number of para-hydroxylation sites is 1. The van der Waals surface area contributed by atoms with Gasteiger partial charge in [0, 0.05) is 164 Å². The number of aryl methyl sites for hydroxylation is 2. The molecule has 34 nitrogen and oxygen atoms in total. The zero-order valence-electron chi connectivity index (χ0n) is 83.2. The Morgan fingerprint density at radius 3 is 1.42 bits per heavy atom. The highest BCUT2D eigenvalue weighted by Gasteiger charge is 2.34. The van der Waals surface area contributed by atoms with Gasteiger partial charge in [0.1, 0.15) is 68.1 Å². The van der Waals surface area contributed by atoms with E-state index in [0.717, 1.165) is 248 Å². The van der Waals surface area contributed by atoms with Crippen LogP contribution in [0.25, 0.3) is 55.2 Å². The second-order valence-electron chi connectivity index (χ2n) is 40.0. The minimum atomic E-state index is -0.157. The average Bonchev–Trinajstić information content (AvgIpc) is 1.66. The van der Waals surface area contributed by atoms with Crippen LogP contribution in [-0.2, 0) is 62.2 Å². The highest BCUT2D eigenvalue weighted by atomic mass is 35.5. The Bertz CT molecular complexity index is 7320. The number of ketones is 1. The molecule has 3 saturated carbocycles. The first-order valence-corrected chi connectivity index (χ1v) is 53.9. The summed E-state index contributed by atoms with van der Waals surface area (Å²) in [5.41, 5.74) is 9.63. The van der Waals surface area contributed by atoms with Crippen molar-refractivity contribution in [2.24, 2.45) is 22.7 Å². The molecule has 0 bridgehead atoms. The number of nitrogens with one attached hydrogen (secondary N) is 5. The van der Waals surface area contributed by atoms with Crippen molar-refractivity contribution < 1.29 is 38.0 Å². The maximum atomic E-state index is 12.8. The monoisotopic (exact) mass is 2020 g/mol. The standard InChI is InChI=1S/C24H30N4O3.C20H23N3O3.C18H24N2O2.C17H17ClN4O2.C17H18N4O2.C14H18N4OS/c1-30-22-7-6-17(15-25-22)19-5-3-2-4-16(19)14-21-26-23-20(24(29)27-21)8-11-28(23)18-9-12-31-13-10-18;1-25-17-5-3-2-4-14(17)6-7-18-21-19-16(20(24)22-18)8-11-23(19)15-9-12-26-13-10-15;21-17-12-14(5-4-13-2-1-3-13)19-18-16(17)6-9-20(18)15-7-10-22-11-8-15;18-12-3-1-2-11(8-12)9-15-20-16-14(17(23)21-15)10-19-22(16)13-4-6-24-7-5-13;22-17-14-11-18-21(13-6-8-23-9-7-13)16(14)19-15(20-17)10-12-4-2-1-3-5-12;19-14-11-8-15-18(10-3-5-20-6-4-10)13(11)16-12(17-14)7-9-1-2-9/h6-8,11,15-16,18-19H,2-5,9-10,12-14H2,1H3,(H,26,27,29);2-5,8,11,15H,6-7,9-10,12-13H2,1H3,(H,21,22,24);6,9,13,15H,1-5,7-8,10-12H2;1-3,8,10,13H,4-7,9H2,(H,20,21,23);1-5,11,13H,6-10H2,(H,19,20,22);8-10H,1-7H2,(H,16,17,19). The van der Waals surface area contributed by atoms with E-state index < -0.39 is 0 Å². The number of aromatic amines is 5. The van der Waals surface area contributed by atoms with Crippen LogP contribution in [0.5, 0.6) is 11.6 Å². The number of ether oxygens (including phenoxy) is 7. The van der Waals surface area contributed by atoms with Crippen LogP contribution in [0.3, 0.4) is 0 Å². The molecule has 7 aliphatic heterocycles. The molecule has 12 aromatic heterocycles. The molecule has 146 heavy (non-hydrogen) atoms. The summed E-state index contributed by atoms with van der Waals surface area (Å²) in [6.07, 6.45) is 42.8. The number of thioether (sulfide) groups is 1. The van der Waals surface area contributed by atoms with Crippen LogP contribution in [0.15, 0.2) is 182 Å². The Morgan fingerprint density at radius 1 is 0.404 bits per heavy atom. The topological polar surface area (TPSA) is 404 Å². The zero-order valence-corrected chi connectivity index (χ0v) is 84.7. The molecule has 19 heterocycles. The van der Waals surface area contributed by atoms with Crippen molar-refractivity contribution in [3.63, 3.8) is 0 Å². The molecular formula is C110H130ClN21O13S. The molecule has 2 atom stereocenters. The predicted octanol–water partition coefficient (Wildman–Crippen LogP) is 17.9.